The average molecular weight is 438 g/mol. The topological polar surface area (TPSA) is 91.8 Å². The van der Waals surface area contributed by atoms with E-state index in [9.17, 15) is 17.9 Å². The minimum atomic E-state index is -3.63. The van der Waals surface area contributed by atoms with Gasteiger partial charge in [-0.25, -0.2) is 17.8 Å². The number of sulfonamides is 1. The van der Waals surface area contributed by atoms with E-state index in [0.29, 0.717) is 37.6 Å². The number of aliphatic hydroxyl groups excluding tert-OH is 1. The van der Waals surface area contributed by atoms with Gasteiger partial charge in [-0.1, -0.05) is 26.0 Å². The molecule has 1 aliphatic heterocycles. The van der Waals surface area contributed by atoms with Crippen LogP contribution in [-0.2, 0) is 21.3 Å². The van der Waals surface area contributed by atoms with E-state index in [4.69, 9.17) is 4.74 Å². The van der Waals surface area contributed by atoms with Crippen molar-refractivity contribution in [2.75, 3.05) is 32.9 Å². The standard InChI is InChI=1S/C21H28FN3O4S/c1-15(2)21(14-26)23-13-20-18(22)6-7-19(24-20)16-4-3-5-17(12-16)30(27,28)25-8-10-29-11-9-25/h3-7,12,15,21,23,26H,8-11,13-14H2,1-2H3/t21-/m0/s1. The van der Waals surface area contributed by atoms with Gasteiger partial charge in [0.05, 0.1) is 36.1 Å². The Morgan fingerprint density at radius 2 is 1.97 bits per heavy atom. The Kier molecular flexibility index (Phi) is 7.54. The van der Waals surface area contributed by atoms with Crippen molar-refractivity contribution in [3.05, 3.63) is 47.9 Å². The van der Waals surface area contributed by atoms with E-state index in [-0.39, 0.29) is 35.7 Å². The molecule has 30 heavy (non-hydrogen) atoms. The molecule has 0 amide bonds. The summed E-state index contributed by atoms with van der Waals surface area (Å²) in [6.45, 7) is 5.43. The van der Waals surface area contributed by atoms with Crippen molar-refractivity contribution in [3.63, 3.8) is 0 Å². The second kappa shape index (κ2) is 9.93. The number of hydrogen-bond donors (Lipinski definition) is 2. The van der Waals surface area contributed by atoms with Gasteiger partial charge in [-0.15, -0.1) is 0 Å². The zero-order valence-electron chi connectivity index (χ0n) is 17.2. The van der Waals surface area contributed by atoms with Crippen molar-refractivity contribution in [3.8, 4) is 11.3 Å². The third-order valence-electron chi connectivity index (χ3n) is 5.19. The maximum Gasteiger partial charge on any atom is 0.243 e. The quantitative estimate of drug-likeness (QED) is 0.657. The Hall–Kier alpha value is -1.91. The Morgan fingerprint density at radius 3 is 2.63 bits per heavy atom. The van der Waals surface area contributed by atoms with Gasteiger partial charge in [-0.05, 0) is 30.2 Å². The van der Waals surface area contributed by atoms with Crippen molar-refractivity contribution in [1.82, 2.24) is 14.6 Å². The van der Waals surface area contributed by atoms with Crippen LogP contribution in [0.2, 0.25) is 0 Å². The summed E-state index contributed by atoms with van der Waals surface area (Å²) in [5.41, 5.74) is 1.29. The molecule has 0 spiro atoms. The van der Waals surface area contributed by atoms with E-state index >= 15 is 0 Å². The first-order chi connectivity index (χ1) is 14.3. The van der Waals surface area contributed by atoms with Crippen LogP contribution in [0.15, 0.2) is 41.3 Å². The first-order valence-electron chi connectivity index (χ1n) is 10.0. The Balaban J connectivity index is 1.85. The summed E-state index contributed by atoms with van der Waals surface area (Å²) in [6, 6.07) is 9.21. The number of hydrogen-bond acceptors (Lipinski definition) is 6. The van der Waals surface area contributed by atoms with E-state index in [2.05, 4.69) is 10.3 Å². The van der Waals surface area contributed by atoms with Crippen molar-refractivity contribution in [2.24, 2.45) is 5.92 Å². The molecule has 0 unspecified atom stereocenters. The molecule has 0 radical (unpaired) electrons. The lowest BCUT2D eigenvalue weighted by molar-refractivity contribution is 0.0730. The highest BCUT2D eigenvalue weighted by Gasteiger charge is 2.26. The third kappa shape index (κ3) is 5.22. The summed E-state index contributed by atoms with van der Waals surface area (Å²) in [5, 5.41) is 12.6. The molecular weight excluding hydrogens is 409 g/mol. The molecule has 1 atom stereocenters. The fourth-order valence-electron chi connectivity index (χ4n) is 3.26. The summed E-state index contributed by atoms with van der Waals surface area (Å²) >= 11 is 0. The number of halogens is 1. The van der Waals surface area contributed by atoms with Crippen molar-refractivity contribution in [1.29, 1.82) is 0 Å². The molecule has 7 nitrogen and oxygen atoms in total. The normalized spacial score (nSPS) is 16.7. The second-order valence-electron chi connectivity index (χ2n) is 7.58. The van der Waals surface area contributed by atoms with Crippen molar-refractivity contribution in [2.45, 2.75) is 31.3 Å². The monoisotopic (exact) mass is 437 g/mol. The minimum Gasteiger partial charge on any atom is -0.395 e. The van der Waals surface area contributed by atoms with Gasteiger partial charge in [0.15, 0.2) is 0 Å². The first kappa shape index (κ1) is 22.8. The molecule has 1 saturated heterocycles. The molecule has 3 rings (SSSR count). The largest absolute Gasteiger partial charge is 0.395 e. The van der Waals surface area contributed by atoms with Crippen LogP contribution in [0.25, 0.3) is 11.3 Å². The van der Waals surface area contributed by atoms with Crippen LogP contribution in [0.5, 0.6) is 0 Å². The fraction of sp³-hybridized carbons (Fsp3) is 0.476. The first-order valence-corrected chi connectivity index (χ1v) is 11.4. The number of benzene rings is 1. The predicted molar refractivity (Wildman–Crippen MR) is 112 cm³/mol. The van der Waals surface area contributed by atoms with Gasteiger partial charge < -0.3 is 15.2 Å². The Labute approximate surface area is 176 Å². The predicted octanol–water partition coefficient (Wildman–Crippen LogP) is 2.02. The van der Waals surface area contributed by atoms with Gasteiger partial charge in [0.2, 0.25) is 10.0 Å². The van der Waals surface area contributed by atoms with Crippen LogP contribution in [0, 0.1) is 11.7 Å². The van der Waals surface area contributed by atoms with Gasteiger partial charge in [0.1, 0.15) is 5.82 Å². The molecule has 1 aromatic heterocycles. The van der Waals surface area contributed by atoms with Gasteiger partial charge in [-0.2, -0.15) is 4.31 Å². The molecule has 9 heteroatoms. The van der Waals surface area contributed by atoms with Crippen LogP contribution in [-0.4, -0.2) is 61.8 Å². The molecule has 1 aliphatic rings. The third-order valence-corrected chi connectivity index (χ3v) is 7.08. The molecule has 0 saturated carbocycles. The highest BCUT2D eigenvalue weighted by molar-refractivity contribution is 7.89. The van der Waals surface area contributed by atoms with Crippen molar-refractivity contribution >= 4 is 10.0 Å². The number of pyridine rings is 1. The number of morpholine rings is 1. The second-order valence-corrected chi connectivity index (χ2v) is 9.52. The molecule has 2 N–H and O–H groups in total. The minimum absolute atomic E-state index is 0.0551. The van der Waals surface area contributed by atoms with Gasteiger partial charge in [0.25, 0.3) is 0 Å². The lowest BCUT2D eigenvalue weighted by Gasteiger charge is -2.26. The van der Waals surface area contributed by atoms with E-state index in [1.54, 1.807) is 24.3 Å². The van der Waals surface area contributed by atoms with E-state index in [1.165, 1.54) is 16.4 Å². The van der Waals surface area contributed by atoms with Crippen LogP contribution < -0.4 is 5.32 Å². The van der Waals surface area contributed by atoms with E-state index in [1.807, 2.05) is 13.8 Å². The number of aromatic nitrogens is 1. The lowest BCUT2D eigenvalue weighted by Crippen LogP contribution is -2.40. The van der Waals surface area contributed by atoms with Crippen LogP contribution in [0.3, 0.4) is 0 Å². The van der Waals surface area contributed by atoms with Crippen LogP contribution in [0.4, 0.5) is 4.39 Å². The fourth-order valence-corrected chi connectivity index (χ4v) is 4.71. The molecular formula is C21H28FN3O4S. The number of ether oxygens (including phenoxy) is 1. The number of nitrogens with one attached hydrogen (secondary N) is 1. The Morgan fingerprint density at radius 1 is 1.23 bits per heavy atom. The lowest BCUT2D eigenvalue weighted by atomic mass is 10.1. The maximum absolute atomic E-state index is 14.3. The molecule has 1 aromatic carbocycles. The zero-order valence-corrected chi connectivity index (χ0v) is 18.0. The summed E-state index contributed by atoms with van der Waals surface area (Å²) in [4.78, 5) is 4.57. The van der Waals surface area contributed by atoms with Crippen LogP contribution in [0.1, 0.15) is 19.5 Å². The summed E-state index contributed by atoms with van der Waals surface area (Å²) < 4.78 is 46.8. The number of nitrogens with zero attached hydrogens (tertiary/aromatic N) is 2. The smallest absolute Gasteiger partial charge is 0.243 e. The van der Waals surface area contributed by atoms with E-state index in [0.717, 1.165) is 0 Å². The SMILES string of the molecule is CC(C)[C@H](CO)NCc1nc(-c2cccc(S(=O)(=O)N3CCOCC3)c2)ccc1F. The molecule has 2 heterocycles. The number of rotatable bonds is 8. The summed E-state index contributed by atoms with van der Waals surface area (Å²) in [7, 11) is -3.63. The maximum atomic E-state index is 14.3. The molecule has 0 bridgehead atoms. The van der Waals surface area contributed by atoms with Gasteiger partial charge in [-0.3, -0.25) is 0 Å². The summed E-state index contributed by atoms with van der Waals surface area (Å²) in [6.07, 6.45) is 0. The van der Waals surface area contributed by atoms with Gasteiger partial charge in [0, 0.05) is 31.2 Å². The molecule has 1 fully saturated rings. The van der Waals surface area contributed by atoms with E-state index < -0.39 is 15.8 Å². The highest BCUT2D eigenvalue weighted by atomic mass is 32.2. The average Bonchev–Trinajstić information content (AvgIpc) is 2.76. The summed E-state index contributed by atoms with van der Waals surface area (Å²) in [5.74, 6) is -0.271. The molecule has 0 aliphatic carbocycles. The highest BCUT2D eigenvalue weighted by Crippen LogP contribution is 2.24. The zero-order chi connectivity index (χ0) is 21.7. The molecule has 2 aromatic rings. The Bertz CT molecular complexity index is 962. The van der Waals surface area contributed by atoms with Crippen molar-refractivity contribution < 1.29 is 22.7 Å². The van der Waals surface area contributed by atoms with Crippen LogP contribution >= 0.6 is 0 Å². The number of aliphatic hydroxyl groups is 1. The van der Waals surface area contributed by atoms with Gasteiger partial charge >= 0.3 is 0 Å². The molecule has 164 valence electrons.